The highest BCUT2D eigenvalue weighted by atomic mass is 16.5. The van der Waals surface area contributed by atoms with Crippen LogP contribution in [0.4, 0.5) is 0 Å². The molecule has 5 nitrogen and oxygen atoms in total. The van der Waals surface area contributed by atoms with Crippen molar-refractivity contribution in [1.29, 1.82) is 0 Å². The van der Waals surface area contributed by atoms with E-state index in [0.717, 1.165) is 60.0 Å². The van der Waals surface area contributed by atoms with Crippen molar-refractivity contribution in [2.45, 2.75) is 38.6 Å². The molecule has 0 saturated heterocycles. The third kappa shape index (κ3) is 5.78. The number of methoxy groups -OCH3 is 2. The Labute approximate surface area is 230 Å². The Morgan fingerprint density at radius 1 is 0.872 bits per heavy atom. The van der Waals surface area contributed by atoms with E-state index in [9.17, 15) is 0 Å². The van der Waals surface area contributed by atoms with Gasteiger partial charge in [-0.15, -0.1) is 6.58 Å². The first-order chi connectivity index (χ1) is 19.1. The number of nitrogens with zero attached hydrogens (tertiary/aromatic N) is 2. The van der Waals surface area contributed by atoms with Gasteiger partial charge >= 0.3 is 0 Å². The minimum Gasteiger partial charge on any atom is -0.497 e. The molecule has 0 spiro atoms. The van der Waals surface area contributed by atoms with Gasteiger partial charge in [0.15, 0.2) is 11.5 Å². The van der Waals surface area contributed by atoms with Crippen molar-refractivity contribution < 1.29 is 14.2 Å². The van der Waals surface area contributed by atoms with Crippen molar-refractivity contribution in [2.75, 3.05) is 20.8 Å². The number of aromatic nitrogens is 2. The maximum absolute atomic E-state index is 6.09. The van der Waals surface area contributed by atoms with Crippen LogP contribution in [0.3, 0.4) is 0 Å². The van der Waals surface area contributed by atoms with Crippen molar-refractivity contribution in [3.8, 4) is 17.2 Å². The second kappa shape index (κ2) is 12.1. The molecule has 1 aromatic heterocycles. The van der Waals surface area contributed by atoms with E-state index in [0.29, 0.717) is 6.61 Å². The van der Waals surface area contributed by atoms with E-state index in [-0.39, 0.29) is 5.92 Å². The number of allylic oxidation sites excluding steroid dienone is 1. The summed E-state index contributed by atoms with van der Waals surface area (Å²) < 4.78 is 19.4. The molecule has 0 aliphatic rings. The highest BCUT2D eigenvalue weighted by Crippen LogP contribution is 2.31. The highest BCUT2D eigenvalue weighted by Gasteiger charge is 2.18. The summed E-state index contributed by atoms with van der Waals surface area (Å²) >= 11 is 0. The van der Waals surface area contributed by atoms with Gasteiger partial charge in [0.05, 0.1) is 31.9 Å². The first kappa shape index (κ1) is 26.4. The van der Waals surface area contributed by atoms with Crippen LogP contribution in [0, 0.1) is 0 Å². The van der Waals surface area contributed by atoms with Gasteiger partial charge in [-0.2, -0.15) is 0 Å². The summed E-state index contributed by atoms with van der Waals surface area (Å²) in [5.74, 6) is 3.65. The molecular weight excluding hydrogens is 484 g/mol. The van der Waals surface area contributed by atoms with Crippen molar-refractivity contribution >= 4 is 21.8 Å². The smallest absolute Gasteiger partial charge is 0.161 e. The van der Waals surface area contributed by atoms with E-state index in [4.69, 9.17) is 19.2 Å². The zero-order valence-corrected chi connectivity index (χ0v) is 23.0. The molecule has 1 unspecified atom stereocenters. The van der Waals surface area contributed by atoms with Crippen LogP contribution in [-0.4, -0.2) is 30.4 Å². The largest absolute Gasteiger partial charge is 0.497 e. The molecule has 5 rings (SSSR count). The summed E-state index contributed by atoms with van der Waals surface area (Å²) in [4.78, 5) is 5.08. The average Bonchev–Trinajstić information content (AvgIpc) is 3.35. The predicted molar refractivity (Wildman–Crippen MR) is 159 cm³/mol. The third-order valence-electron chi connectivity index (χ3n) is 7.28. The van der Waals surface area contributed by atoms with E-state index in [1.165, 1.54) is 21.9 Å². The Morgan fingerprint density at radius 3 is 2.51 bits per heavy atom. The molecule has 0 aliphatic carbocycles. The highest BCUT2D eigenvalue weighted by molar-refractivity contribution is 5.85. The monoisotopic (exact) mass is 520 g/mol. The minimum atomic E-state index is 0.151. The summed E-state index contributed by atoms with van der Waals surface area (Å²) in [5, 5.41) is 2.37. The lowest BCUT2D eigenvalue weighted by Crippen LogP contribution is -2.10. The first-order valence-corrected chi connectivity index (χ1v) is 13.5. The molecule has 0 bridgehead atoms. The van der Waals surface area contributed by atoms with Gasteiger partial charge in [0.25, 0.3) is 0 Å². The van der Waals surface area contributed by atoms with Crippen molar-refractivity contribution in [1.82, 2.24) is 9.55 Å². The number of benzene rings is 4. The van der Waals surface area contributed by atoms with E-state index in [2.05, 4.69) is 78.7 Å². The normalized spacial score (nSPS) is 12.0. The van der Waals surface area contributed by atoms with Crippen LogP contribution in [0.1, 0.15) is 42.6 Å². The molecular formula is C34H36N2O3. The minimum absolute atomic E-state index is 0.151. The number of para-hydroxylation sites is 2. The molecule has 39 heavy (non-hydrogen) atoms. The fourth-order valence-corrected chi connectivity index (χ4v) is 5.13. The Hall–Kier alpha value is -4.25. The van der Waals surface area contributed by atoms with Gasteiger partial charge in [-0.3, -0.25) is 0 Å². The predicted octanol–water partition coefficient (Wildman–Crippen LogP) is 7.95. The van der Waals surface area contributed by atoms with Crippen molar-refractivity contribution in [3.63, 3.8) is 0 Å². The number of unbranched alkanes of at least 4 members (excludes halogenated alkanes) is 1. The third-order valence-corrected chi connectivity index (χ3v) is 7.28. The van der Waals surface area contributed by atoms with Gasteiger partial charge in [-0.1, -0.05) is 55.5 Å². The standard InChI is InChI=1S/C34H36N2O3/c1-5-10-25-13-18-32(33(21-25)38-4)39-20-9-8-19-36-31-12-7-6-11-30(31)35-34(36)24(2)26-14-15-28-23-29(37-3)17-16-27(28)22-26/h5-7,11-18,21-24H,1,8-10,19-20H2,2-4H3. The van der Waals surface area contributed by atoms with Crippen molar-refractivity contribution in [2.24, 2.45) is 0 Å². The fraction of sp³-hybridized carbons (Fsp3) is 0.265. The maximum Gasteiger partial charge on any atom is 0.161 e. The molecule has 4 aromatic carbocycles. The number of aryl methyl sites for hydroxylation is 1. The molecule has 1 atom stereocenters. The molecule has 200 valence electrons. The van der Waals surface area contributed by atoms with Gasteiger partial charge in [0, 0.05) is 12.5 Å². The van der Waals surface area contributed by atoms with Crippen LogP contribution in [0.5, 0.6) is 17.2 Å². The average molecular weight is 521 g/mol. The topological polar surface area (TPSA) is 45.5 Å². The molecule has 0 amide bonds. The molecule has 5 heteroatoms. The Bertz CT molecular complexity index is 1590. The quantitative estimate of drug-likeness (QED) is 0.124. The molecule has 0 N–H and O–H groups in total. The molecule has 0 saturated carbocycles. The van der Waals surface area contributed by atoms with Crippen LogP contribution < -0.4 is 14.2 Å². The number of hydrogen-bond donors (Lipinski definition) is 0. The van der Waals surface area contributed by atoms with Crippen LogP contribution in [-0.2, 0) is 13.0 Å². The van der Waals surface area contributed by atoms with Gasteiger partial charge in [-0.25, -0.2) is 4.98 Å². The van der Waals surface area contributed by atoms with Crippen LogP contribution in [0.2, 0.25) is 0 Å². The Morgan fingerprint density at radius 2 is 1.69 bits per heavy atom. The summed E-state index contributed by atoms with van der Waals surface area (Å²) in [6.07, 6.45) is 4.61. The van der Waals surface area contributed by atoms with Crippen molar-refractivity contribution in [3.05, 3.63) is 108 Å². The van der Waals surface area contributed by atoms with Gasteiger partial charge < -0.3 is 18.8 Å². The Balaban J connectivity index is 1.30. The molecule has 0 fully saturated rings. The number of fused-ring (bicyclic) bond motifs is 2. The zero-order chi connectivity index (χ0) is 27.2. The van der Waals surface area contributed by atoms with Gasteiger partial charge in [0.2, 0.25) is 0 Å². The maximum atomic E-state index is 6.09. The lowest BCUT2D eigenvalue weighted by molar-refractivity contribution is 0.283. The van der Waals surface area contributed by atoms with E-state index in [1.54, 1.807) is 14.2 Å². The summed E-state index contributed by atoms with van der Waals surface area (Å²) in [6.45, 7) is 7.56. The molecule has 5 aromatic rings. The second-order valence-electron chi connectivity index (χ2n) is 9.84. The zero-order valence-electron chi connectivity index (χ0n) is 23.0. The number of imidazole rings is 1. The molecule has 0 aliphatic heterocycles. The van der Waals surface area contributed by atoms with Crippen LogP contribution in [0.15, 0.2) is 91.5 Å². The molecule has 0 radical (unpaired) electrons. The number of ether oxygens (including phenoxy) is 3. The first-order valence-electron chi connectivity index (χ1n) is 13.5. The van der Waals surface area contributed by atoms with Gasteiger partial charge in [-0.05, 0) is 77.6 Å². The molecule has 1 heterocycles. The van der Waals surface area contributed by atoms with E-state index < -0.39 is 0 Å². The summed E-state index contributed by atoms with van der Waals surface area (Å²) in [6, 6.07) is 27.3. The Kier molecular flexibility index (Phi) is 8.16. The SMILES string of the molecule is C=CCc1ccc(OCCCCn2c(C(C)c3ccc4cc(OC)ccc4c3)nc3ccccc32)c(OC)c1. The van der Waals surface area contributed by atoms with Gasteiger partial charge in [0.1, 0.15) is 11.6 Å². The second-order valence-corrected chi connectivity index (χ2v) is 9.84. The van der Waals surface area contributed by atoms with E-state index in [1.807, 2.05) is 24.3 Å². The summed E-state index contributed by atoms with van der Waals surface area (Å²) in [5.41, 5.74) is 4.62. The van der Waals surface area contributed by atoms with E-state index >= 15 is 0 Å². The lowest BCUT2D eigenvalue weighted by atomic mass is 9.97. The number of hydrogen-bond acceptors (Lipinski definition) is 4. The van der Waals surface area contributed by atoms with Crippen LogP contribution in [0.25, 0.3) is 21.8 Å². The lowest BCUT2D eigenvalue weighted by Gasteiger charge is -2.16. The summed E-state index contributed by atoms with van der Waals surface area (Å²) in [7, 11) is 3.38. The number of rotatable bonds is 12. The fourth-order valence-electron chi connectivity index (χ4n) is 5.13. The van der Waals surface area contributed by atoms with Crippen LogP contribution >= 0.6 is 0 Å².